The van der Waals surface area contributed by atoms with Gasteiger partial charge in [-0.1, -0.05) is 116 Å². The van der Waals surface area contributed by atoms with Crippen LogP contribution < -0.4 is 5.32 Å². The number of dihydropyridines is 1. The van der Waals surface area contributed by atoms with Crippen LogP contribution in [0, 0.1) is 6.92 Å². The van der Waals surface area contributed by atoms with Crippen molar-refractivity contribution in [1.82, 2.24) is 5.32 Å². The molecule has 6 rings (SSSR count). The fraction of sp³-hybridized carbons (Fsp3) is 0.0714. The van der Waals surface area contributed by atoms with E-state index in [1.54, 1.807) is 7.05 Å². The molecule has 0 aromatic heterocycles. The standard InChI is InChI=1S/C42H36N2/c1-4-12-35(28-43-3)38-24-37(25-39(26-38)36-18-11-22-44-29-36)33-17-10-16-32(23-33)34-20-21-41(40-19-9-8-13-30(40)2)42(27-34)31-14-6-5-7-15-31/h4-21,23-29,44H,1,22H2,2-3H3/b35-12+,43-28?. The fourth-order valence-electron chi connectivity index (χ4n) is 5.83. The summed E-state index contributed by atoms with van der Waals surface area (Å²) in [4.78, 5) is 4.31. The van der Waals surface area contributed by atoms with Crippen LogP contribution in [0.15, 0.2) is 157 Å². The van der Waals surface area contributed by atoms with Gasteiger partial charge in [0.15, 0.2) is 0 Å². The molecule has 5 aromatic carbocycles. The van der Waals surface area contributed by atoms with Crippen LogP contribution in [0.5, 0.6) is 0 Å². The second-order valence-electron chi connectivity index (χ2n) is 11.0. The second kappa shape index (κ2) is 13.2. The molecule has 0 spiro atoms. The van der Waals surface area contributed by atoms with Gasteiger partial charge in [0.25, 0.3) is 0 Å². The molecule has 2 heteroatoms. The summed E-state index contributed by atoms with van der Waals surface area (Å²) in [7, 11) is 1.80. The Labute approximate surface area is 261 Å². The Morgan fingerprint density at radius 1 is 0.682 bits per heavy atom. The third-order valence-corrected chi connectivity index (χ3v) is 8.02. The van der Waals surface area contributed by atoms with Gasteiger partial charge in [0.2, 0.25) is 0 Å². The van der Waals surface area contributed by atoms with Crippen LogP contribution in [-0.2, 0) is 0 Å². The average molecular weight is 569 g/mol. The maximum atomic E-state index is 4.31. The van der Waals surface area contributed by atoms with Crippen LogP contribution in [0.1, 0.15) is 16.7 Å². The molecule has 0 unspecified atom stereocenters. The first-order valence-corrected chi connectivity index (χ1v) is 15.0. The van der Waals surface area contributed by atoms with Crippen LogP contribution in [0.3, 0.4) is 0 Å². The van der Waals surface area contributed by atoms with Crippen molar-refractivity contribution in [3.05, 3.63) is 169 Å². The molecule has 0 saturated heterocycles. The first kappa shape index (κ1) is 28.6. The van der Waals surface area contributed by atoms with Crippen LogP contribution in [0.2, 0.25) is 0 Å². The van der Waals surface area contributed by atoms with Gasteiger partial charge in [0.05, 0.1) is 0 Å². The monoisotopic (exact) mass is 568 g/mol. The largest absolute Gasteiger partial charge is 0.387 e. The summed E-state index contributed by atoms with van der Waals surface area (Å²) in [6.07, 6.45) is 12.1. The second-order valence-corrected chi connectivity index (χ2v) is 11.0. The maximum absolute atomic E-state index is 4.31. The van der Waals surface area contributed by atoms with Gasteiger partial charge in [-0.15, -0.1) is 0 Å². The zero-order valence-corrected chi connectivity index (χ0v) is 25.3. The minimum Gasteiger partial charge on any atom is -0.387 e. The molecule has 0 atom stereocenters. The smallest absolute Gasteiger partial charge is 0.0328 e. The van der Waals surface area contributed by atoms with Crippen LogP contribution in [0.25, 0.3) is 55.7 Å². The summed E-state index contributed by atoms with van der Waals surface area (Å²) in [6, 6.07) is 41.8. The van der Waals surface area contributed by atoms with E-state index in [9.17, 15) is 0 Å². The van der Waals surface area contributed by atoms with Crippen LogP contribution >= 0.6 is 0 Å². The predicted molar refractivity (Wildman–Crippen MR) is 191 cm³/mol. The van der Waals surface area contributed by atoms with Crippen molar-refractivity contribution in [2.24, 2.45) is 4.99 Å². The molecule has 5 aromatic rings. The van der Waals surface area contributed by atoms with E-state index in [2.05, 4.69) is 157 Å². The van der Waals surface area contributed by atoms with Crippen molar-refractivity contribution in [3.8, 4) is 44.5 Å². The Morgan fingerprint density at radius 3 is 2.14 bits per heavy atom. The van der Waals surface area contributed by atoms with Gasteiger partial charge >= 0.3 is 0 Å². The first-order valence-electron chi connectivity index (χ1n) is 15.0. The molecular weight excluding hydrogens is 532 g/mol. The van der Waals surface area contributed by atoms with Gasteiger partial charge < -0.3 is 5.32 Å². The molecule has 1 aliphatic rings. The molecule has 1 N–H and O–H groups in total. The summed E-state index contributed by atoms with van der Waals surface area (Å²) in [5.74, 6) is 0. The quantitative estimate of drug-likeness (QED) is 0.146. The number of nitrogens with zero attached hydrogens (tertiary/aromatic N) is 1. The third-order valence-electron chi connectivity index (χ3n) is 8.02. The number of benzene rings is 5. The Balaban J connectivity index is 1.48. The average Bonchev–Trinajstić information content (AvgIpc) is 3.09. The van der Waals surface area contributed by atoms with E-state index >= 15 is 0 Å². The molecule has 44 heavy (non-hydrogen) atoms. The van der Waals surface area contributed by atoms with Crippen LogP contribution in [0.4, 0.5) is 0 Å². The molecule has 1 heterocycles. The summed E-state index contributed by atoms with van der Waals surface area (Å²) in [6.45, 7) is 6.96. The van der Waals surface area contributed by atoms with Gasteiger partial charge in [-0.3, -0.25) is 4.99 Å². The van der Waals surface area contributed by atoms with Gasteiger partial charge in [-0.05, 0) is 110 Å². The van der Waals surface area contributed by atoms with Gasteiger partial charge in [-0.25, -0.2) is 0 Å². The zero-order chi connectivity index (χ0) is 30.3. The summed E-state index contributed by atoms with van der Waals surface area (Å²) < 4.78 is 0. The van der Waals surface area contributed by atoms with E-state index in [4.69, 9.17) is 0 Å². The molecule has 0 saturated carbocycles. The number of aryl methyl sites for hydroxylation is 1. The van der Waals surface area contributed by atoms with Gasteiger partial charge in [0.1, 0.15) is 0 Å². The highest BCUT2D eigenvalue weighted by atomic mass is 14.8. The Kier molecular flexibility index (Phi) is 8.61. The molecule has 0 amide bonds. The fourth-order valence-corrected chi connectivity index (χ4v) is 5.83. The molecule has 0 aliphatic carbocycles. The van der Waals surface area contributed by atoms with E-state index in [-0.39, 0.29) is 0 Å². The van der Waals surface area contributed by atoms with E-state index < -0.39 is 0 Å². The topological polar surface area (TPSA) is 24.4 Å². The molecular formula is C42H36N2. The summed E-state index contributed by atoms with van der Waals surface area (Å²) in [5, 5.41) is 3.35. The molecule has 214 valence electrons. The van der Waals surface area contributed by atoms with Crippen molar-refractivity contribution in [3.63, 3.8) is 0 Å². The van der Waals surface area contributed by atoms with E-state index in [1.165, 1.54) is 38.9 Å². The Morgan fingerprint density at radius 2 is 1.39 bits per heavy atom. The van der Waals surface area contributed by atoms with Gasteiger partial charge in [-0.2, -0.15) is 0 Å². The lowest BCUT2D eigenvalue weighted by molar-refractivity contribution is 0.976. The highest BCUT2D eigenvalue weighted by Gasteiger charge is 2.13. The number of hydrogen-bond acceptors (Lipinski definition) is 2. The van der Waals surface area contributed by atoms with E-state index in [1.807, 2.05) is 18.4 Å². The predicted octanol–water partition coefficient (Wildman–Crippen LogP) is 10.4. The maximum Gasteiger partial charge on any atom is 0.0328 e. The normalized spacial score (nSPS) is 13.0. The lowest BCUT2D eigenvalue weighted by atomic mass is 9.88. The lowest BCUT2D eigenvalue weighted by Gasteiger charge is -2.16. The molecule has 1 aliphatic heterocycles. The highest BCUT2D eigenvalue weighted by molar-refractivity contribution is 6.11. The molecule has 0 fully saturated rings. The van der Waals surface area contributed by atoms with Crippen LogP contribution in [-0.4, -0.2) is 19.8 Å². The number of aliphatic imine (C=N–C) groups is 1. The van der Waals surface area contributed by atoms with Crippen molar-refractivity contribution in [1.29, 1.82) is 0 Å². The molecule has 2 nitrogen and oxygen atoms in total. The van der Waals surface area contributed by atoms with Crippen molar-refractivity contribution in [2.75, 3.05) is 13.6 Å². The van der Waals surface area contributed by atoms with Gasteiger partial charge in [0, 0.05) is 26.0 Å². The highest BCUT2D eigenvalue weighted by Crippen LogP contribution is 2.38. The zero-order valence-electron chi connectivity index (χ0n) is 25.3. The number of nitrogens with one attached hydrogen (secondary N) is 1. The Bertz CT molecular complexity index is 1940. The first-order chi connectivity index (χ1) is 21.6. The van der Waals surface area contributed by atoms with Crippen molar-refractivity contribution >= 4 is 17.4 Å². The minimum absolute atomic E-state index is 0.843. The number of allylic oxidation sites excluding steroid dienone is 5. The molecule has 0 radical (unpaired) electrons. The summed E-state index contributed by atoms with van der Waals surface area (Å²) >= 11 is 0. The summed E-state index contributed by atoms with van der Waals surface area (Å²) in [5.41, 5.74) is 15.3. The third kappa shape index (κ3) is 6.16. The van der Waals surface area contributed by atoms with E-state index in [0.717, 1.165) is 39.9 Å². The van der Waals surface area contributed by atoms with Crippen molar-refractivity contribution < 1.29 is 0 Å². The van der Waals surface area contributed by atoms with E-state index in [0.29, 0.717) is 0 Å². The number of hydrogen-bond donors (Lipinski definition) is 1. The lowest BCUT2D eigenvalue weighted by Crippen LogP contribution is -2.08. The number of rotatable bonds is 8. The van der Waals surface area contributed by atoms with Crippen molar-refractivity contribution in [2.45, 2.75) is 6.92 Å². The minimum atomic E-state index is 0.843. The molecule has 0 bridgehead atoms. The Hall–Kier alpha value is -5.47. The SMILES string of the molecule is C=C/C=C(\C=NC)c1cc(C2=CNCC=C2)cc(-c2cccc(-c3ccc(-c4ccccc4C)c(-c4ccccc4)c3)c2)c1.